The summed E-state index contributed by atoms with van der Waals surface area (Å²) in [5.74, 6) is 1.65. The Morgan fingerprint density at radius 3 is 2.43 bits per heavy atom. The zero-order valence-electron chi connectivity index (χ0n) is 12.6. The molecule has 114 valence electrons. The molecule has 0 saturated carbocycles. The molecule has 0 spiro atoms. The molecule has 0 aromatic carbocycles. The maximum Gasteiger partial charge on any atom is 0.171 e. The molecule has 0 atom stereocenters. The Morgan fingerprint density at radius 1 is 1.19 bits per heavy atom. The minimum atomic E-state index is -0.0480. The smallest absolute Gasteiger partial charge is 0.171 e. The van der Waals surface area contributed by atoms with Crippen molar-refractivity contribution in [2.24, 2.45) is 0 Å². The van der Waals surface area contributed by atoms with Crippen LogP contribution < -0.4 is 5.32 Å². The molecule has 2 aromatic rings. The summed E-state index contributed by atoms with van der Waals surface area (Å²) in [5, 5.41) is 3.39. The van der Waals surface area contributed by atoms with Crippen molar-refractivity contribution >= 4 is 49.0 Å². The Labute approximate surface area is 146 Å². The second-order valence-corrected chi connectivity index (χ2v) is 9.09. The van der Waals surface area contributed by atoms with E-state index in [1.54, 1.807) is 11.3 Å². The van der Waals surface area contributed by atoms with Gasteiger partial charge >= 0.3 is 0 Å². The Hall–Kier alpha value is -0.460. The maximum absolute atomic E-state index is 4.79. The fourth-order valence-corrected chi connectivity index (χ4v) is 4.08. The van der Waals surface area contributed by atoms with Crippen LogP contribution in [0.25, 0.3) is 10.7 Å². The van der Waals surface area contributed by atoms with Crippen LogP contribution in [0.5, 0.6) is 0 Å². The van der Waals surface area contributed by atoms with Crippen LogP contribution >= 0.6 is 43.2 Å². The van der Waals surface area contributed by atoms with Gasteiger partial charge in [-0.1, -0.05) is 27.7 Å². The normalized spacial score (nSPS) is 11.7. The SMILES string of the molecule is CCCNc1nc(-c2ccc(Br)s2)nc(C(C)(C)C)c1Br. The van der Waals surface area contributed by atoms with Gasteiger partial charge < -0.3 is 5.32 Å². The van der Waals surface area contributed by atoms with E-state index in [4.69, 9.17) is 4.98 Å². The van der Waals surface area contributed by atoms with Crippen LogP contribution in [0.2, 0.25) is 0 Å². The van der Waals surface area contributed by atoms with Crippen molar-refractivity contribution in [2.45, 2.75) is 39.5 Å². The lowest BCUT2D eigenvalue weighted by Gasteiger charge is -2.22. The standard InChI is InChI=1S/C15H19Br2N3S/c1-5-8-18-14-11(17)12(15(2,3)4)19-13(20-14)9-6-7-10(16)21-9/h6-7H,5,8H2,1-4H3,(H,18,19,20). The van der Waals surface area contributed by atoms with Crippen molar-refractivity contribution in [3.8, 4) is 10.7 Å². The van der Waals surface area contributed by atoms with E-state index < -0.39 is 0 Å². The molecule has 0 amide bonds. The first-order valence-corrected chi connectivity index (χ1v) is 9.30. The van der Waals surface area contributed by atoms with E-state index >= 15 is 0 Å². The van der Waals surface area contributed by atoms with Crippen LogP contribution in [0.4, 0.5) is 5.82 Å². The largest absolute Gasteiger partial charge is 0.369 e. The van der Waals surface area contributed by atoms with E-state index in [0.717, 1.165) is 43.4 Å². The topological polar surface area (TPSA) is 37.8 Å². The molecular formula is C15H19Br2N3S. The van der Waals surface area contributed by atoms with Gasteiger partial charge in [0.2, 0.25) is 0 Å². The highest BCUT2D eigenvalue weighted by atomic mass is 79.9. The van der Waals surface area contributed by atoms with E-state index in [2.05, 4.69) is 69.9 Å². The van der Waals surface area contributed by atoms with Gasteiger partial charge in [-0.05, 0) is 50.4 Å². The molecule has 2 rings (SSSR count). The van der Waals surface area contributed by atoms with E-state index in [9.17, 15) is 0 Å². The number of nitrogens with zero attached hydrogens (tertiary/aromatic N) is 2. The third kappa shape index (κ3) is 4.05. The monoisotopic (exact) mass is 431 g/mol. The lowest BCUT2D eigenvalue weighted by Crippen LogP contribution is -2.17. The predicted octanol–water partition coefficient (Wildman–Crippen LogP) is 5.85. The summed E-state index contributed by atoms with van der Waals surface area (Å²) >= 11 is 8.81. The molecule has 2 heterocycles. The van der Waals surface area contributed by atoms with Crippen LogP contribution in [0.15, 0.2) is 20.4 Å². The van der Waals surface area contributed by atoms with Gasteiger partial charge in [-0.25, -0.2) is 9.97 Å². The molecule has 3 nitrogen and oxygen atoms in total. The molecule has 0 fully saturated rings. The zero-order chi connectivity index (χ0) is 15.6. The first kappa shape index (κ1) is 16.9. The third-order valence-electron chi connectivity index (χ3n) is 2.90. The first-order chi connectivity index (χ1) is 9.82. The number of hydrogen-bond donors (Lipinski definition) is 1. The van der Waals surface area contributed by atoms with Crippen molar-refractivity contribution < 1.29 is 0 Å². The van der Waals surface area contributed by atoms with Crippen molar-refractivity contribution in [2.75, 3.05) is 11.9 Å². The highest BCUT2D eigenvalue weighted by Gasteiger charge is 2.23. The number of rotatable bonds is 4. The molecule has 0 aliphatic rings. The van der Waals surface area contributed by atoms with Gasteiger partial charge in [-0.3, -0.25) is 0 Å². The molecular weight excluding hydrogens is 414 g/mol. The maximum atomic E-state index is 4.79. The molecule has 0 bridgehead atoms. The molecule has 0 saturated heterocycles. The Bertz CT molecular complexity index is 632. The lowest BCUT2D eigenvalue weighted by atomic mass is 9.92. The average molecular weight is 433 g/mol. The quantitative estimate of drug-likeness (QED) is 0.658. The third-order valence-corrected chi connectivity index (χ3v) is 5.27. The summed E-state index contributed by atoms with van der Waals surface area (Å²) in [5.41, 5.74) is 0.976. The summed E-state index contributed by atoms with van der Waals surface area (Å²) in [4.78, 5) is 10.5. The zero-order valence-corrected chi connectivity index (χ0v) is 16.6. The van der Waals surface area contributed by atoms with E-state index in [1.165, 1.54) is 0 Å². The predicted molar refractivity (Wildman–Crippen MR) is 98.2 cm³/mol. The van der Waals surface area contributed by atoms with Crippen LogP contribution in [0.1, 0.15) is 39.8 Å². The lowest BCUT2D eigenvalue weighted by molar-refractivity contribution is 0.564. The molecule has 0 aliphatic heterocycles. The Kier molecular flexibility index (Phi) is 5.43. The van der Waals surface area contributed by atoms with Gasteiger partial charge in [-0.15, -0.1) is 11.3 Å². The minimum Gasteiger partial charge on any atom is -0.369 e. The number of anilines is 1. The molecule has 6 heteroatoms. The van der Waals surface area contributed by atoms with Crippen LogP contribution in [-0.4, -0.2) is 16.5 Å². The molecule has 0 unspecified atom stereocenters. The van der Waals surface area contributed by atoms with Crippen molar-refractivity contribution in [3.05, 3.63) is 26.1 Å². The van der Waals surface area contributed by atoms with Gasteiger partial charge in [0.05, 0.1) is 18.8 Å². The van der Waals surface area contributed by atoms with Crippen LogP contribution in [-0.2, 0) is 5.41 Å². The highest BCUT2D eigenvalue weighted by molar-refractivity contribution is 9.11. The van der Waals surface area contributed by atoms with Crippen molar-refractivity contribution in [1.29, 1.82) is 0 Å². The fraction of sp³-hybridized carbons (Fsp3) is 0.467. The summed E-state index contributed by atoms with van der Waals surface area (Å²) in [6.45, 7) is 9.53. The molecule has 21 heavy (non-hydrogen) atoms. The summed E-state index contributed by atoms with van der Waals surface area (Å²) in [6.07, 6.45) is 1.06. The van der Waals surface area contributed by atoms with E-state index in [0.29, 0.717) is 0 Å². The van der Waals surface area contributed by atoms with Crippen LogP contribution in [0.3, 0.4) is 0 Å². The summed E-state index contributed by atoms with van der Waals surface area (Å²) < 4.78 is 2.05. The van der Waals surface area contributed by atoms with Crippen molar-refractivity contribution in [1.82, 2.24) is 9.97 Å². The second-order valence-electron chi connectivity index (χ2n) is 5.84. The summed E-state index contributed by atoms with van der Waals surface area (Å²) in [7, 11) is 0. The Balaban J connectivity index is 2.55. The van der Waals surface area contributed by atoms with E-state index in [1.807, 2.05) is 12.1 Å². The molecule has 2 aromatic heterocycles. The minimum absolute atomic E-state index is 0.0480. The van der Waals surface area contributed by atoms with E-state index in [-0.39, 0.29) is 5.41 Å². The van der Waals surface area contributed by atoms with Gasteiger partial charge in [0.15, 0.2) is 5.82 Å². The molecule has 0 aliphatic carbocycles. The number of halogens is 2. The van der Waals surface area contributed by atoms with Gasteiger partial charge in [0.1, 0.15) is 5.82 Å². The van der Waals surface area contributed by atoms with Crippen molar-refractivity contribution in [3.63, 3.8) is 0 Å². The van der Waals surface area contributed by atoms with Gasteiger partial charge in [0, 0.05) is 12.0 Å². The first-order valence-electron chi connectivity index (χ1n) is 6.90. The number of nitrogens with one attached hydrogen (secondary N) is 1. The fourth-order valence-electron chi connectivity index (χ4n) is 1.85. The number of thiophene rings is 1. The highest BCUT2D eigenvalue weighted by Crippen LogP contribution is 2.36. The molecule has 1 N–H and O–H groups in total. The summed E-state index contributed by atoms with van der Waals surface area (Å²) in [6, 6.07) is 4.08. The van der Waals surface area contributed by atoms with Crippen LogP contribution in [0, 0.1) is 0 Å². The van der Waals surface area contributed by atoms with Gasteiger partial charge in [0.25, 0.3) is 0 Å². The van der Waals surface area contributed by atoms with Gasteiger partial charge in [-0.2, -0.15) is 0 Å². The molecule has 0 radical (unpaired) electrons. The number of aromatic nitrogens is 2. The second kappa shape index (κ2) is 6.75. The Morgan fingerprint density at radius 2 is 1.90 bits per heavy atom. The number of hydrogen-bond acceptors (Lipinski definition) is 4. The average Bonchev–Trinajstić information content (AvgIpc) is 2.83.